The van der Waals surface area contributed by atoms with Gasteiger partial charge >= 0.3 is 0 Å². The van der Waals surface area contributed by atoms with Crippen LogP contribution in [0.5, 0.6) is 0 Å². The fourth-order valence-electron chi connectivity index (χ4n) is 2.67. The molecule has 5 N–H and O–H groups in total. The second-order valence-electron chi connectivity index (χ2n) is 5.37. The highest BCUT2D eigenvalue weighted by molar-refractivity contribution is 7.89. The number of carbonyl (C=O) groups excluding carboxylic acids is 1. The van der Waals surface area contributed by atoms with Crippen LogP contribution < -0.4 is 21.3 Å². The minimum Gasteiger partial charge on any atom is -0.382 e. The van der Waals surface area contributed by atoms with Crippen LogP contribution in [-0.2, 0) is 10.0 Å². The van der Waals surface area contributed by atoms with E-state index in [-0.39, 0.29) is 10.5 Å². The first-order valence-electron chi connectivity index (χ1n) is 7.33. The van der Waals surface area contributed by atoms with Gasteiger partial charge in [-0.25, -0.2) is 19.0 Å². The molecular formula is C14H22N4O3S. The fourth-order valence-corrected chi connectivity index (χ4v) is 3.42. The summed E-state index contributed by atoms with van der Waals surface area (Å²) in [7, 11) is -2.29. The first-order chi connectivity index (χ1) is 10.5. The van der Waals surface area contributed by atoms with Crippen LogP contribution in [-0.4, -0.2) is 27.4 Å². The molecule has 1 saturated carbocycles. The summed E-state index contributed by atoms with van der Waals surface area (Å²) >= 11 is 0. The Hall–Kier alpha value is -1.64. The Balaban J connectivity index is 2.34. The molecule has 0 bridgehead atoms. The molecule has 0 unspecified atom stereocenters. The Morgan fingerprint density at radius 2 is 1.91 bits per heavy atom. The van der Waals surface area contributed by atoms with Crippen LogP contribution in [0.3, 0.4) is 0 Å². The van der Waals surface area contributed by atoms with Gasteiger partial charge in [-0.05, 0) is 38.1 Å². The van der Waals surface area contributed by atoms with Crippen LogP contribution in [0.25, 0.3) is 0 Å². The number of carbonyl (C=O) groups is 1. The maximum absolute atomic E-state index is 12.0. The van der Waals surface area contributed by atoms with Crippen molar-refractivity contribution in [3.63, 3.8) is 0 Å². The number of hydrogen-bond donors (Lipinski definition) is 4. The molecule has 8 heteroatoms. The van der Waals surface area contributed by atoms with Gasteiger partial charge in [-0.15, -0.1) is 0 Å². The summed E-state index contributed by atoms with van der Waals surface area (Å²) in [6.45, 7) is 0. The van der Waals surface area contributed by atoms with E-state index in [4.69, 9.17) is 5.84 Å². The highest BCUT2D eigenvalue weighted by Gasteiger charge is 2.20. The molecule has 1 aliphatic rings. The summed E-state index contributed by atoms with van der Waals surface area (Å²) in [6, 6.07) is 4.72. The molecule has 1 fully saturated rings. The Bertz CT molecular complexity index is 639. The van der Waals surface area contributed by atoms with Crippen LogP contribution in [0, 0.1) is 0 Å². The molecule has 0 atom stereocenters. The fraction of sp³-hybridized carbons (Fsp3) is 0.500. The standard InChI is InChI=1S/C14H22N4O3S/c1-16-22(20,21)11-7-8-13(12(9-11)14(19)18-15)17-10-5-3-2-4-6-10/h7-10,16-17H,2-6,15H2,1H3,(H,18,19). The van der Waals surface area contributed by atoms with E-state index in [2.05, 4.69) is 15.5 Å². The van der Waals surface area contributed by atoms with E-state index in [1.807, 2.05) is 0 Å². The van der Waals surface area contributed by atoms with Gasteiger partial charge in [0.25, 0.3) is 5.91 Å². The van der Waals surface area contributed by atoms with Gasteiger partial charge < -0.3 is 5.32 Å². The maximum Gasteiger partial charge on any atom is 0.267 e. The summed E-state index contributed by atoms with van der Waals surface area (Å²) in [5.41, 5.74) is 2.89. The molecule has 0 radical (unpaired) electrons. The summed E-state index contributed by atoms with van der Waals surface area (Å²) in [5, 5.41) is 3.33. The van der Waals surface area contributed by atoms with Crippen LogP contribution in [0.1, 0.15) is 42.5 Å². The molecule has 1 amide bonds. The summed E-state index contributed by atoms with van der Waals surface area (Å²) in [5.74, 6) is 4.68. The zero-order valence-corrected chi connectivity index (χ0v) is 13.4. The summed E-state index contributed by atoms with van der Waals surface area (Å²) in [6.07, 6.45) is 5.62. The van der Waals surface area contributed by atoms with E-state index >= 15 is 0 Å². The molecule has 0 spiro atoms. The van der Waals surface area contributed by atoms with Crippen molar-refractivity contribution in [2.75, 3.05) is 12.4 Å². The van der Waals surface area contributed by atoms with Crippen LogP contribution >= 0.6 is 0 Å². The molecular weight excluding hydrogens is 304 g/mol. The van der Waals surface area contributed by atoms with Crippen molar-refractivity contribution in [3.05, 3.63) is 23.8 Å². The molecule has 0 aliphatic heterocycles. The molecule has 1 aromatic rings. The predicted molar refractivity (Wildman–Crippen MR) is 84.8 cm³/mol. The van der Waals surface area contributed by atoms with E-state index in [0.29, 0.717) is 11.7 Å². The first kappa shape index (κ1) is 16.7. The lowest BCUT2D eigenvalue weighted by atomic mass is 9.95. The number of benzene rings is 1. The van der Waals surface area contributed by atoms with Crippen molar-refractivity contribution in [1.82, 2.24) is 10.1 Å². The van der Waals surface area contributed by atoms with Gasteiger partial charge in [-0.1, -0.05) is 19.3 Å². The van der Waals surface area contributed by atoms with Crippen LogP contribution in [0.4, 0.5) is 5.69 Å². The number of sulfonamides is 1. The molecule has 22 heavy (non-hydrogen) atoms. The average molecular weight is 326 g/mol. The minimum absolute atomic E-state index is 0.0304. The maximum atomic E-state index is 12.0. The lowest BCUT2D eigenvalue weighted by Crippen LogP contribution is -2.32. The molecule has 122 valence electrons. The number of rotatable bonds is 5. The molecule has 0 saturated heterocycles. The number of nitrogen functional groups attached to an aromatic ring is 1. The van der Waals surface area contributed by atoms with E-state index < -0.39 is 15.9 Å². The molecule has 1 aliphatic carbocycles. The summed E-state index contributed by atoms with van der Waals surface area (Å²) < 4.78 is 26.0. The number of amides is 1. The van der Waals surface area contributed by atoms with Crippen molar-refractivity contribution < 1.29 is 13.2 Å². The van der Waals surface area contributed by atoms with Crippen molar-refractivity contribution in [1.29, 1.82) is 0 Å². The molecule has 1 aromatic carbocycles. The third-order valence-electron chi connectivity index (χ3n) is 3.91. The summed E-state index contributed by atoms with van der Waals surface area (Å²) in [4.78, 5) is 12.0. The van der Waals surface area contributed by atoms with E-state index in [1.165, 1.54) is 25.6 Å². The first-order valence-corrected chi connectivity index (χ1v) is 8.81. The van der Waals surface area contributed by atoms with E-state index in [9.17, 15) is 13.2 Å². The lowest BCUT2D eigenvalue weighted by Gasteiger charge is -2.25. The molecule has 7 nitrogen and oxygen atoms in total. The number of nitrogens with two attached hydrogens (primary N) is 1. The Labute approximate surface area is 130 Å². The van der Waals surface area contributed by atoms with Gasteiger partial charge in [0.2, 0.25) is 10.0 Å². The highest BCUT2D eigenvalue weighted by atomic mass is 32.2. The smallest absolute Gasteiger partial charge is 0.267 e. The van der Waals surface area contributed by atoms with Gasteiger partial charge in [0.05, 0.1) is 10.5 Å². The van der Waals surface area contributed by atoms with Crippen molar-refractivity contribution in [2.24, 2.45) is 5.84 Å². The van der Waals surface area contributed by atoms with Crippen molar-refractivity contribution in [2.45, 2.75) is 43.0 Å². The second-order valence-corrected chi connectivity index (χ2v) is 7.25. The Morgan fingerprint density at radius 3 is 2.50 bits per heavy atom. The van der Waals surface area contributed by atoms with Crippen molar-refractivity contribution in [3.8, 4) is 0 Å². The van der Waals surface area contributed by atoms with Gasteiger partial charge in [-0.3, -0.25) is 10.2 Å². The monoisotopic (exact) mass is 326 g/mol. The number of hydrogen-bond acceptors (Lipinski definition) is 5. The van der Waals surface area contributed by atoms with Gasteiger partial charge in [-0.2, -0.15) is 0 Å². The van der Waals surface area contributed by atoms with Gasteiger partial charge in [0, 0.05) is 11.7 Å². The largest absolute Gasteiger partial charge is 0.382 e. The third-order valence-corrected chi connectivity index (χ3v) is 5.32. The van der Waals surface area contributed by atoms with Gasteiger partial charge in [0.1, 0.15) is 0 Å². The van der Waals surface area contributed by atoms with Gasteiger partial charge in [0.15, 0.2) is 0 Å². The van der Waals surface area contributed by atoms with E-state index in [0.717, 1.165) is 25.7 Å². The molecule has 0 heterocycles. The normalized spacial score (nSPS) is 16.3. The van der Waals surface area contributed by atoms with Crippen LogP contribution in [0.2, 0.25) is 0 Å². The third kappa shape index (κ3) is 3.76. The number of nitrogens with one attached hydrogen (secondary N) is 3. The highest BCUT2D eigenvalue weighted by Crippen LogP contribution is 2.25. The zero-order valence-electron chi connectivity index (χ0n) is 12.6. The second kappa shape index (κ2) is 7.08. The van der Waals surface area contributed by atoms with E-state index in [1.54, 1.807) is 6.07 Å². The number of anilines is 1. The zero-order chi connectivity index (χ0) is 16.2. The topological polar surface area (TPSA) is 113 Å². The molecule has 2 rings (SSSR count). The number of hydrazine groups is 1. The van der Waals surface area contributed by atoms with Crippen LogP contribution in [0.15, 0.2) is 23.1 Å². The average Bonchev–Trinajstić information content (AvgIpc) is 2.55. The SMILES string of the molecule is CNS(=O)(=O)c1ccc(NC2CCCCC2)c(C(=O)NN)c1. The Morgan fingerprint density at radius 1 is 1.23 bits per heavy atom. The quantitative estimate of drug-likeness (QED) is 0.365. The minimum atomic E-state index is -3.61. The predicted octanol–water partition coefficient (Wildman–Crippen LogP) is 0.943. The lowest BCUT2D eigenvalue weighted by molar-refractivity contribution is 0.0954. The molecule has 0 aromatic heterocycles. The van der Waals surface area contributed by atoms with Crippen molar-refractivity contribution >= 4 is 21.6 Å². The Kier molecular flexibility index (Phi) is 5.38.